The Morgan fingerprint density at radius 1 is 1.31 bits per heavy atom. The van der Waals surface area contributed by atoms with Crippen LogP contribution in [0.5, 0.6) is 0 Å². The highest BCUT2D eigenvalue weighted by atomic mass is 35.5. The number of halogens is 1. The average Bonchev–Trinajstić information content (AvgIpc) is 2.12. The highest BCUT2D eigenvalue weighted by Crippen LogP contribution is 2.12. The largest absolute Gasteiger partial charge is 0.127 e. The second-order valence-corrected chi connectivity index (χ2v) is 5.05. The van der Waals surface area contributed by atoms with Crippen LogP contribution in [0.2, 0.25) is 0 Å². The molecule has 0 heterocycles. The Kier molecular flexibility index (Phi) is 4.01. The molecule has 0 saturated heterocycles. The Balaban J connectivity index is 2.96. The Morgan fingerprint density at radius 3 is 2.62 bits per heavy atom. The van der Waals surface area contributed by atoms with Crippen LogP contribution in [0.25, 0.3) is 0 Å². The van der Waals surface area contributed by atoms with Crippen LogP contribution in [-0.4, -0.2) is 16.1 Å². The van der Waals surface area contributed by atoms with Gasteiger partial charge in [0.15, 0.2) is 0 Å². The van der Waals surface area contributed by atoms with Crippen LogP contribution in [-0.2, 0) is 6.42 Å². The predicted molar refractivity (Wildman–Crippen MR) is 64.5 cm³/mol. The first kappa shape index (κ1) is 10.8. The van der Waals surface area contributed by atoms with Crippen LogP contribution < -0.4 is 5.19 Å². The van der Waals surface area contributed by atoms with Crippen LogP contribution in [0, 0.1) is 13.8 Å². The fourth-order valence-electron chi connectivity index (χ4n) is 1.64. The van der Waals surface area contributed by atoms with Crippen LogP contribution in [0.15, 0.2) is 12.1 Å². The van der Waals surface area contributed by atoms with Crippen molar-refractivity contribution >= 4 is 27.0 Å². The third-order valence-corrected chi connectivity index (χ3v) is 3.87. The van der Waals surface area contributed by atoms with Gasteiger partial charge >= 0.3 is 0 Å². The molecule has 0 aromatic heterocycles. The van der Waals surface area contributed by atoms with Crippen LogP contribution >= 0.6 is 11.6 Å². The summed E-state index contributed by atoms with van der Waals surface area (Å²) in [6.45, 7) is 4.40. The third kappa shape index (κ3) is 2.58. The minimum absolute atomic E-state index is 0.772. The van der Waals surface area contributed by atoms with Crippen molar-refractivity contribution in [3.63, 3.8) is 0 Å². The van der Waals surface area contributed by atoms with Crippen LogP contribution in [0.3, 0.4) is 0 Å². The van der Waals surface area contributed by atoms with Crippen molar-refractivity contribution in [1.82, 2.24) is 0 Å². The van der Waals surface area contributed by atoms with Gasteiger partial charge in [-0.2, -0.15) is 0 Å². The van der Waals surface area contributed by atoms with E-state index in [-0.39, 0.29) is 0 Å². The molecule has 1 aromatic carbocycles. The summed E-state index contributed by atoms with van der Waals surface area (Å²) in [6.07, 6.45) is 2.25. The zero-order valence-corrected chi connectivity index (χ0v) is 11.4. The lowest BCUT2D eigenvalue weighted by Gasteiger charge is -2.11. The zero-order valence-electron chi connectivity index (χ0n) is 8.65. The summed E-state index contributed by atoms with van der Waals surface area (Å²) in [4.78, 5) is 0. The molecular weight excluding hydrogens is 196 g/mol. The van der Waals surface area contributed by atoms with Crippen LogP contribution in [0.4, 0.5) is 0 Å². The molecule has 0 N–H and O–H groups in total. The summed E-state index contributed by atoms with van der Waals surface area (Å²) in [5.74, 6) is 0.772. The van der Waals surface area contributed by atoms with Crippen molar-refractivity contribution in [2.75, 3.05) is 5.88 Å². The molecule has 13 heavy (non-hydrogen) atoms. The first-order valence-electron chi connectivity index (χ1n) is 4.78. The molecule has 0 aliphatic rings. The van der Waals surface area contributed by atoms with Crippen molar-refractivity contribution in [2.24, 2.45) is 0 Å². The quantitative estimate of drug-likeness (QED) is 0.526. The van der Waals surface area contributed by atoms with E-state index in [1.165, 1.54) is 16.3 Å². The van der Waals surface area contributed by atoms with Crippen LogP contribution in [0.1, 0.15) is 23.1 Å². The topological polar surface area (TPSA) is 0 Å². The number of hydrogen-bond donors (Lipinski definition) is 0. The first-order valence-corrected chi connectivity index (χ1v) is 6.32. The minimum Gasteiger partial charge on any atom is -0.127 e. The van der Waals surface area contributed by atoms with Gasteiger partial charge in [-0.05, 0) is 43.4 Å². The van der Waals surface area contributed by atoms with Gasteiger partial charge in [-0.3, -0.25) is 0 Å². The van der Waals surface area contributed by atoms with Gasteiger partial charge in [-0.1, -0.05) is 17.3 Å². The Labute approximate surface area is 88.7 Å². The molecule has 0 bridgehead atoms. The molecule has 72 valence electrons. The number of aryl methyl sites for hydroxylation is 1. The molecule has 0 fully saturated rings. The number of benzene rings is 1. The van der Waals surface area contributed by atoms with Gasteiger partial charge in [-0.15, -0.1) is 11.6 Å². The van der Waals surface area contributed by atoms with E-state index >= 15 is 0 Å². The first-order chi connectivity index (χ1) is 6.16. The third-order valence-electron chi connectivity index (χ3n) is 2.66. The van der Waals surface area contributed by atoms with Crippen molar-refractivity contribution in [3.8, 4) is 0 Å². The average molecular weight is 213 g/mol. The van der Waals surface area contributed by atoms with Gasteiger partial charge in [0.2, 0.25) is 0 Å². The monoisotopic (exact) mass is 212 g/mol. The summed E-state index contributed by atoms with van der Waals surface area (Å²) in [7, 11) is 1.15. The lowest BCUT2D eigenvalue weighted by atomic mass is 10.00. The lowest BCUT2D eigenvalue weighted by molar-refractivity contribution is 0.922. The van der Waals surface area contributed by atoms with E-state index in [0.29, 0.717) is 0 Å². The highest BCUT2D eigenvalue weighted by Gasteiger charge is 2.03. The van der Waals surface area contributed by atoms with Crippen molar-refractivity contribution < 1.29 is 0 Å². The maximum Gasteiger partial charge on any atom is 0.0388 e. The van der Waals surface area contributed by atoms with Gasteiger partial charge < -0.3 is 0 Å². The summed E-state index contributed by atoms with van der Waals surface area (Å²) >= 11 is 5.71. The predicted octanol–water partition coefficient (Wildman–Crippen LogP) is 1.47. The Morgan fingerprint density at radius 2 is 2.00 bits per heavy atom. The molecule has 0 nitrogen and oxygen atoms in total. The van der Waals surface area contributed by atoms with Crippen molar-refractivity contribution in [3.05, 3.63) is 28.8 Å². The van der Waals surface area contributed by atoms with E-state index in [9.17, 15) is 0 Å². The molecule has 1 aromatic rings. The smallest absolute Gasteiger partial charge is 0.0388 e. The zero-order chi connectivity index (χ0) is 9.84. The normalized spacial score (nSPS) is 10.7. The molecule has 2 heteroatoms. The lowest BCUT2D eigenvalue weighted by Crippen LogP contribution is -2.13. The summed E-state index contributed by atoms with van der Waals surface area (Å²) < 4.78 is 0. The van der Waals surface area contributed by atoms with Gasteiger partial charge in [0, 0.05) is 16.1 Å². The van der Waals surface area contributed by atoms with Gasteiger partial charge in [0.1, 0.15) is 0 Å². The minimum atomic E-state index is 0.772. The van der Waals surface area contributed by atoms with E-state index in [4.69, 9.17) is 11.6 Å². The van der Waals surface area contributed by atoms with E-state index in [1.807, 2.05) is 0 Å². The summed E-state index contributed by atoms with van der Waals surface area (Å²) in [5.41, 5.74) is 4.43. The molecule has 1 rings (SSSR count). The molecule has 0 radical (unpaired) electrons. The summed E-state index contributed by atoms with van der Waals surface area (Å²) in [5, 5.41) is 1.54. The fraction of sp³-hybridized carbons (Fsp3) is 0.455. The molecule has 0 aliphatic heterocycles. The molecule has 0 aliphatic carbocycles. The van der Waals surface area contributed by atoms with Crippen molar-refractivity contribution in [1.29, 1.82) is 0 Å². The molecule has 0 atom stereocenters. The van der Waals surface area contributed by atoms with Crippen molar-refractivity contribution in [2.45, 2.75) is 26.7 Å². The second-order valence-electron chi connectivity index (χ2n) is 3.60. The molecule has 0 unspecified atom stereocenters. The fourth-order valence-corrected chi connectivity index (χ4v) is 2.56. The molecule has 0 saturated carbocycles. The van der Waals surface area contributed by atoms with E-state index in [2.05, 4.69) is 26.0 Å². The Bertz CT molecular complexity index is 294. The number of alkyl halides is 1. The standard InChI is InChI=1S/C11H17ClSi/c1-8-5-6-11(13)10(9(8)2)4-3-7-12/h5-6H,3-4,7H2,1-2,13H3. The van der Waals surface area contributed by atoms with Gasteiger partial charge in [-0.25, -0.2) is 0 Å². The summed E-state index contributed by atoms with van der Waals surface area (Å²) in [6, 6.07) is 4.49. The number of rotatable bonds is 3. The molecule has 0 spiro atoms. The van der Waals surface area contributed by atoms with E-state index < -0.39 is 0 Å². The Hall–Kier alpha value is -0.273. The SMILES string of the molecule is Cc1ccc([SiH3])c(CCCCl)c1C. The van der Waals surface area contributed by atoms with E-state index in [1.54, 1.807) is 5.56 Å². The molecular formula is C11H17ClSi. The number of hydrogen-bond acceptors (Lipinski definition) is 0. The van der Waals surface area contributed by atoms with E-state index in [0.717, 1.165) is 29.0 Å². The van der Waals surface area contributed by atoms with Gasteiger partial charge in [0.05, 0.1) is 0 Å². The maximum atomic E-state index is 5.71. The van der Waals surface area contributed by atoms with Gasteiger partial charge in [0.25, 0.3) is 0 Å². The maximum absolute atomic E-state index is 5.71. The highest BCUT2D eigenvalue weighted by molar-refractivity contribution is 6.33. The second kappa shape index (κ2) is 4.82. The molecule has 0 amide bonds.